The molecule has 0 saturated heterocycles. The second-order valence-electron chi connectivity index (χ2n) is 6.75. The fourth-order valence-corrected chi connectivity index (χ4v) is 3.93. The van der Waals surface area contributed by atoms with E-state index in [0.29, 0.717) is 23.3 Å². The van der Waals surface area contributed by atoms with Crippen molar-refractivity contribution in [3.8, 4) is 16.9 Å². The van der Waals surface area contributed by atoms with Crippen LogP contribution in [0.3, 0.4) is 0 Å². The molecule has 0 atom stereocenters. The van der Waals surface area contributed by atoms with Crippen LogP contribution < -0.4 is 10.3 Å². The van der Waals surface area contributed by atoms with Crippen molar-refractivity contribution in [1.29, 1.82) is 0 Å². The smallest absolute Gasteiger partial charge is 0.258 e. The Morgan fingerprint density at radius 2 is 1.74 bits per heavy atom. The third kappa shape index (κ3) is 4.22. The van der Waals surface area contributed by atoms with E-state index >= 15 is 0 Å². The van der Waals surface area contributed by atoms with Gasteiger partial charge in [-0.3, -0.25) is 4.79 Å². The van der Waals surface area contributed by atoms with Gasteiger partial charge >= 0.3 is 0 Å². The number of nitrogens with zero attached hydrogens (tertiary/aromatic N) is 1. The molecule has 0 aliphatic carbocycles. The molecule has 0 saturated carbocycles. The van der Waals surface area contributed by atoms with E-state index in [0.717, 1.165) is 22.9 Å². The minimum absolute atomic E-state index is 0.0439. The second-order valence-corrected chi connectivity index (χ2v) is 8.89. The molecule has 0 N–H and O–H groups in total. The Balaban J connectivity index is 2.28. The average molecular weight is 385 g/mol. The van der Waals surface area contributed by atoms with E-state index in [-0.39, 0.29) is 11.3 Å². The third-order valence-corrected chi connectivity index (χ3v) is 5.17. The SMILES string of the molecule is CCCOc1ccc(CS(C)(=O)=O)cc1-c1cn(C)c(=O)c2ccccc12. The van der Waals surface area contributed by atoms with Crippen LogP contribution in [-0.4, -0.2) is 25.8 Å². The van der Waals surface area contributed by atoms with E-state index in [1.165, 1.54) is 6.26 Å². The van der Waals surface area contributed by atoms with Crippen molar-refractivity contribution in [2.24, 2.45) is 7.05 Å². The van der Waals surface area contributed by atoms with Crippen LogP contribution in [-0.2, 0) is 22.6 Å². The number of hydrogen-bond acceptors (Lipinski definition) is 4. The highest BCUT2D eigenvalue weighted by atomic mass is 32.2. The summed E-state index contributed by atoms with van der Waals surface area (Å²) in [5.74, 6) is 0.635. The Kier molecular flexibility index (Phi) is 5.37. The van der Waals surface area contributed by atoms with Crippen molar-refractivity contribution in [3.63, 3.8) is 0 Å². The molecule has 0 amide bonds. The van der Waals surface area contributed by atoms with E-state index in [1.807, 2.05) is 37.3 Å². The molecule has 0 unspecified atom stereocenters. The number of fused-ring (bicyclic) bond motifs is 1. The second kappa shape index (κ2) is 7.56. The number of pyridine rings is 1. The van der Waals surface area contributed by atoms with E-state index in [9.17, 15) is 13.2 Å². The van der Waals surface area contributed by atoms with E-state index in [2.05, 4.69) is 0 Å². The first-order valence-electron chi connectivity index (χ1n) is 8.82. The minimum Gasteiger partial charge on any atom is -0.493 e. The molecule has 5 nitrogen and oxygen atoms in total. The van der Waals surface area contributed by atoms with Crippen LogP contribution in [0.15, 0.2) is 53.5 Å². The van der Waals surface area contributed by atoms with Gasteiger partial charge in [0.15, 0.2) is 9.84 Å². The highest BCUT2D eigenvalue weighted by molar-refractivity contribution is 7.89. The molecule has 0 bridgehead atoms. The summed E-state index contributed by atoms with van der Waals surface area (Å²) < 4.78 is 30.9. The molecule has 0 aliphatic rings. The highest BCUT2D eigenvalue weighted by Gasteiger charge is 2.15. The highest BCUT2D eigenvalue weighted by Crippen LogP contribution is 2.35. The quantitative estimate of drug-likeness (QED) is 0.651. The topological polar surface area (TPSA) is 65.4 Å². The standard InChI is InChI=1S/C21H23NO4S/c1-4-11-26-20-10-9-15(14-27(3,24)25)12-18(20)19-13-22(2)21(23)17-8-6-5-7-16(17)19/h5-10,12-13H,4,11,14H2,1-3H3. The van der Waals surface area contributed by atoms with Crippen molar-refractivity contribution in [2.45, 2.75) is 19.1 Å². The van der Waals surface area contributed by atoms with Gasteiger partial charge in [-0.25, -0.2) is 8.42 Å². The van der Waals surface area contributed by atoms with Crippen LogP contribution in [0, 0.1) is 0 Å². The van der Waals surface area contributed by atoms with Crippen molar-refractivity contribution in [3.05, 3.63) is 64.6 Å². The fraction of sp³-hybridized carbons (Fsp3) is 0.286. The summed E-state index contributed by atoms with van der Waals surface area (Å²) in [5, 5.41) is 1.44. The molecular formula is C21H23NO4S. The maximum absolute atomic E-state index is 12.5. The zero-order valence-corrected chi connectivity index (χ0v) is 16.5. The molecule has 2 aromatic carbocycles. The summed E-state index contributed by atoms with van der Waals surface area (Å²) >= 11 is 0. The molecule has 27 heavy (non-hydrogen) atoms. The molecule has 0 spiro atoms. The molecule has 3 rings (SSSR count). The van der Waals surface area contributed by atoms with Gasteiger partial charge in [0.25, 0.3) is 5.56 Å². The maximum atomic E-state index is 12.5. The summed E-state index contributed by atoms with van der Waals surface area (Å²) in [5.41, 5.74) is 2.25. The molecule has 0 fully saturated rings. The summed E-state index contributed by atoms with van der Waals surface area (Å²) in [7, 11) is -1.45. The number of ether oxygens (including phenoxy) is 1. The lowest BCUT2D eigenvalue weighted by Crippen LogP contribution is -2.16. The monoisotopic (exact) mass is 385 g/mol. The zero-order valence-electron chi connectivity index (χ0n) is 15.7. The fourth-order valence-electron chi connectivity index (χ4n) is 3.15. The van der Waals surface area contributed by atoms with E-state index in [1.54, 1.807) is 29.9 Å². The summed E-state index contributed by atoms with van der Waals surface area (Å²) in [4.78, 5) is 12.5. The average Bonchev–Trinajstić information content (AvgIpc) is 2.62. The van der Waals surface area contributed by atoms with Crippen LogP contribution in [0.2, 0.25) is 0 Å². The van der Waals surface area contributed by atoms with E-state index in [4.69, 9.17) is 4.74 Å². The Morgan fingerprint density at radius 1 is 1.04 bits per heavy atom. The van der Waals surface area contributed by atoms with Crippen LogP contribution in [0.1, 0.15) is 18.9 Å². The molecule has 1 aromatic heterocycles. The number of aromatic nitrogens is 1. The first kappa shape index (κ1) is 19.2. The van der Waals surface area contributed by atoms with Gasteiger partial charge in [-0.15, -0.1) is 0 Å². The summed E-state index contributed by atoms with van der Waals surface area (Å²) in [6, 6.07) is 12.9. The van der Waals surface area contributed by atoms with Gasteiger partial charge in [-0.2, -0.15) is 0 Å². The van der Waals surface area contributed by atoms with Crippen molar-refractivity contribution in [1.82, 2.24) is 4.57 Å². The Morgan fingerprint density at radius 3 is 2.41 bits per heavy atom. The van der Waals surface area contributed by atoms with E-state index < -0.39 is 9.84 Å². The van der Waals surface area contributed by atoms with Crippen molar-refractivity contribution >= 4 is 20.6 Å². The Hall–Kier alpha value is -2.60. The summed E-state index contributed by atoms with van der Waals surface area (Å²) in [6.45, 7) is 2.58. The van der Waals surface area contributed by atoms with Gasteiger partial charge in [-0.05, 0) is 35.6 Å². The molecule has 142 valence electrons. The lowest BCUT2D eigenvalue weighted by atomic mass is 9.98. The zero-order chi connectivity index (χ0) is 19.6. The molecule has 3 aromatic rings. The number of benzene rings is 2. The maximum Gasteiger partial charge on any atom is 0.258 e. The predicted molar refractivity (Wildman–Crippen MR) is 109 cm³/mol. The predicted octanol–water partition coefficient (Wildman–Crippen LogP) is 3.54. The molecule has 0 radical (unpaired) electrons. The van der Waals surface area contributed by atoms with Gasteiger partial charge in [0, 0.05) is 36.0 Å². The van der Waals surface area contributed by atoms with Gasteiger partial charge in [0.2, 0.25) is 0 Å². The molecule has 0 aliphatic heterocycles. The van der Waals surface area contributed by atoms with Gasteiger partial charge < -0.3 is 9.30 Å². The molecular weight excluding hydrogens is 362 g/mol. The number of rotatable bonds is 6. The number of aryl methyl sites for hydroxylation is 1. The Labute approximate surface area is 159 Å². The number of sulfone groups is 1. The lowest BCUT2D eigenvalue weighted by Gasteiger charge is -2.16. The largest absolute Gasteiger partial charge is 0.493 e. The van der Waals surface area contributed by atoms with Gasteiger partial charge in [0.1, 0.15) is 5.75 Å². The normalized spacial score (nSPS) is 11.7. The Bertz CT molecular complexity index is 1150. The van der Waals surface area contributed by atoms with Crippen LogP contribution in [0.5, 0.6) is 5.75 Å². The van der Waals surface area contributed by atoms with Crippen LogP contribution in [0.25, 0.3) is 21.9 Å². The van der Waals surface area contributed by atoms with Crippen molar-refractivity contribution in [2.75, 3.05) is 12.9 Å². The summed E-state index contributed by atoms with van der Waals surface area (Å²) in [6.07, 6.45) is 3.86. The molecule has 6 heteroatoms. The molecule has 1 heterocycles. The lowest BCUT2D eigenvalue weighted by molar-refractivity contribution is 0.318. The van der Waals surface area contributed by atoms with Crippen LogP contribution in [0.4, 0.5) is 0 Å². The first-order valence-corrected chi connectivity index (χ1v) is 10.9. The van der Waals surface area contributed by atoms with Crippen LogP contribution >= 0.6 is 0 Å². The number of hydrogen-bond donors (Lipinski definition) is 0. The minimum atomic E-state index is -3.16. The first-order chi connectivity index (χ1) is 12.8. The van der Waals surface area contributed by atoms with Gasteiger partial charge in [-0.1, -0.05) is 31.2 Å². The van der Waals surface area contributed by atoms with Crippen molar-refractivity contribution < 1.29 is 13.2 Å². The third-order valence-electron chi connectivity index (χ3n) is 4.32. The van der Waals surface area contributed by atoms with Gasteiger partial charge in [0.05, 0.1) is 12.4 Å².